The zero-order valence-electron chi connectivity index (χ0n) is 14.4. The number of anilines is 1. The highest BCUT2D eigenvalue weighted by atomic mass is 32.2. The van der Waals surface area contributed by atoms with E-state index in [1.165, 1.54) is 12.3 Å². The average Bonchev–Trinajstić information content (AvgIpc) is 3.40. The van der Waals surface area contributed by atoms with Crippen LogP contribution in [0.2, 0.25) is 0 Å². The molecule has 4 aromatic rings. The van der Waals surface area contributed by atoms with Gasteiger partial charge in [-0.2, -0.15) is 5.10 Å². The van der Waals surface area contributed by atoms with Gasteiger partial charge in [0.25, 0.3) is 5.91 Å². The van der Waals surface area contributed by atoms with Crippen LogP contribution in [0.3, 0.4) is 0 Å². The van der Waals surface area contributed by atoms with Crippen molar-refractivity contribution in [2.75, 3.05) is 17.0 Å². The molecule has 4 aromatic heterocycles. The van der Waals surface area contributed by atoms with Crippen LogP contribution in [0, 0.1) is 0 Å². The van der Waals surface area contributed by atoms with Crippen molar-refractivity contribution in [1.29, 1.82) is 0 Å². The Bertz CT molecular complexity index is 1210. The standard InChI is InChI=1S/C17H15N5O5S/c23-17(14-11-16(27-20-14)15-2-1-8-26-15)18-6-9-28(24,25)21-12-4-7-22-13(10-12)3-5-19-22/h1-5,7-8,10-11,21H,6,9H2,(H,18,23). The van der Waals surface area contributed by atoms with Crippen LogP contribution in [0.1, 0.15) is 10.5 Å². The molecule has 0 unspecified atom stereocenters. The van der Waals surface area contributed by atoms with Crippen LogP contribution >= 0.6 is 0 Å². The summed E-state index contributed by atoms with van der Waals surface area (Å²) in [4.78, 5) is 12.1. The van der Waals surface area contributed by atoms with E-state index in [9.17, 15) is 13.2 Å². The molecule has 28 heavy (non-hydrogen) atoms. The predicted molar refractivity (Wildman–Crippen MR) is 99.1 cm³/mol. The predicted octanol–water partition coefficient (Wildman–Crippen LogP) is 1.75. The fraction of sp³-hybridized carbons (Fsp3) is 0.118. The van der Waals surface area contributed by atoms with E-state index in [1.807, 2.05) is 0 Å². The zero-order chi connectivity index (χ0) is 19.6. The maximum Gasteiger partial charge on any atom is 0.273 e. The summed E-state index contributed by atoms with van der Waals surface area (Å²) in [6.45, 7) is -0.0912. The molecule has 11 heteroatoms. The smallest absolute Gasteiger partial charge is 0.273 e. The molecule has 0 atom stereocenters. The highest BCUT2D eigenvalue weighted by Gasteiger charge is 2.16. The van der Waals surface area contributed by atoms with E-state index in [0.717, 1.165) is 5.52 Å². The van der Waals surface area contributed by atoms with Gasteiger partial charge in [0, 0.05) is 25.0 Å². The Kier molecular flexibility index (Phi) is 4.57. The second kappa shape index (κ2) is 7.19. The van der Waals surface area contributed by atoms with Crippen LogP contribution < -0.4 is 10.0 Å². The number of fused-ring (bicyclic) bond motifs is 1. The quantitative estimate of drug-likeness (QED) is 0.482. The topological polar surface area (TPSA) is 132 Å². The number of rotatable bonds is 7. The molecule has 0 bridgehead atoms. The van der Waals surface area contributed by atoms with Gasteiger partial charge in [-0.25, -0.2) is 12.9 Å². The van der Waals surface area contributed by atoms with Crippen molar-refractivity contribution < 1.29 is 22.2 Å². The van der Waals surface area contributed by atoms with Crippen molar-refractivity contribution in [1.82, 2.24) is 20.1 Å². The Hall–Kier alpha value is -3.60. The van der Waals surface area contributed by atoms with Gasteiger partial charge in [-0.15, -0.1) is 0 Å². The summed E-state index contributed by atoms with van der Waals surface area (Å²) in [5, 5.41) is 10.2. The number of amides is 1. The van der Waals surface area contributed by atoms with E-state index in [0.29, 0.717) is 17.2 Å². The molecule has 2 N–H and O–H groups in total. The van der Waals surface area contributed by atoms with Gasteiger partial charge in [0.15, 0.2) is 11.5 Å². The molecule has 0 aromatic carbocycles. The first-order valence-electron chi connectivity index (χ1n) is 8.23. The highest BCUT2D eigenvalue weighted by Crippen LogP contribution is 2.20. The Labute approximate surface area is 159 Å². The second-order valence-electron chi connectivity index (χ2n) is 5.85. The minimum absolute atomic E-state index is 0.0305. The Morgan fingerprint density at radius 3 is 2.89 bits per heavy atom. The Morgan fingerprint density at radius 2 is 2.07 bits per heavy atom. The fourth-order valence-electron chi connectivity index (χ4n) is 2.52. The maximum atomic E-state index is 12.2. The van der Waals surface area contributed by atoms with Gasteiger partial charge in [-0.1, -0.05) is 5.16 Å². The van der Waals surface area contributed by atoms with Gasteiger partial charge < -0.3 is 14.3 Å². The summed E-state index contributed by atoms with van der Waals surface area (Å²) < 4.78 is 38.7. The number of carbonyl (C=O) groups excluding carboxylic acids is 1. The molecular formula is C17H15N5O5S. The molecule has 10 nitrogen and oxygen atoms in total. The van der Waals surface area contributed by atoms with Crippen molar-refractivity contribution >= 4 is 27.1 Å². The number of nitrogens with zero attached hydrogens (tertiary/aromatic N) is 3. The lowest BCUT2D eigenvalue weighted by molar-refractivity contribution is 0.0947. The molecular weight excluding hydrogens is 386 g/mol. The molecule has 1 amide bonds. The number of carbonyl (C=O) groups is 1. The van der Waals surface area contributed by atoms with Gasteiger partial charge >= 0.3 is 0 Å². The third-order valence-corrected chi connectivity index (χ3v) is 5.12. The van der Waals surface area contributed by atoms with Crippen molar-refractivity contribution in [2.45, 2.75) is 0 Å². The first kappa shape index (κ1) is 17.8. The lowest BCUT2D eigenvalue weighted by atomic mass is 10.3. The summed E-state index contributed by atoms with van der Waals surface area (Å²) in [5.41, 5.74) is 1.20. The SMILES string of the molecule is O=C(NCCS(=O)(=O)Nc1ccn2nccc2c1)c1cc(-c2ccco2)on1. The first-order valence-corrected chi connectivity index (χ1v) is 9.88. The summed E-state index contributed by atoms with van der Waals surface area (Å²) in [5.74, 6) is -0.0999. The third-order valence-electron chi connectivity index (χ3n) is 3.84. The highest BCUT2D eigenvalue weighted by molar-refractivity contribution is 7.92. The van der Waals surface area contributed by atoms with Gasteiger partial charge in [0.05, 0.1) is 23.2 Å². The van der Waals surface area contributed by atoms with Crippen LogP contribution in [0.4, 0.5) is 5.69 Å². The van der Waals surface area contributed by atoms with Crippen LogP contribution in [-0.2, 0) is 10.0 Å². The number of hydrogen-bond acceptors (Lipinski definition) is 7. The van der Waals surface area contributed by atoms with Crippen molar-refractivity contribution in [3.63, 3.8) is 0 Å². The second-order valence-corrected chi connectivity index (χ2v) is 7.69. The van der Waals surface area contributed by atoms with E-state index in [-0.39, 0.29) is 18.0 Å². The number of pyridine rings is 1. The number of aromatic nitrogens is 3. The first-order chi connectivity index (χ1) is 13.5. The lowest BCUT2D eigenvalue weighted by Gasteiger charge is -2.08. The van der Waals surface area contributed by atoms with E-state index in [2.05, 4.69) is 20.3 Å². The summed E-state index contributed by atoms with van der Waals surface area (Å²) in [6.07, 6.45) is 4.74. The molecule has 0 fully saturated rings. The van der Waals surface area contributed by atoms with Crippen LogP contribution in [0.5, 0.6) is 0 Å². The Morgan fingerprint density at radius 1 is 1.18 bits per heavy atom. The Balaban J connectivity index is 1.32. The number of furan rings is 1. The fourth-order valence-corrected chi connectivity index (χ4v) is 3.48. The van der Waals surface area contributed by atoms with Crippen LogP contribution in [0.15, 0.2) is 64.0 Å². The molecule has 0 radical (unpaired) electrons. The summed E-state index contributed by atoms with van der Waals surface area (Å²) in [6, 6.07) is 9.78. The third kappa shape index (κ3) is 3.88. The minimum Gasteiger partial charge on any atom is -0.461 e. The molecule has 4 heterocycles. The van der Waals surface area contributed by atoms with E-state index >= 15 is 0 Å². The van der Waals surface area contributed by atoms with Gasteiger partial charge in [-0.3, -0.25) is 9.52 Å². The largest absolute Gasteiger partial charge is 0.461 e. The monoisotopic (exact) mass is 401 g/mol. The summed E-state index contributed by atoms with van der Waals surface area (Å²) >= 11 is 0. The van der Waals surface area contributed by atoms with E-state index in [4.69, 9.17) is 8.94 Å². The molecule has 144 valence electrons. The molecule has 0 aliphatic heterocycles. The van der Waals surface area contributed by atoms with Crippen molar-refractivity contribution in [2.24, 2.45) is 0 Å². The van der Waals surface area contributed by atoms with Gasteiger partial charge in [0.1, 0.15) is 0 Å². The lowest BCUT2D eigenvalue weighted by Crippen LogP contribution is -2.31. The number of hydrogen-bond donors (Lipinski definition) is 2. The van der Waals surface area contributed by atoms with Crippen molar-refractivity contribution in [3.8, 4) is 11.5 Å². The van der Waals surface area contributed by atoms with Crippen LogP contribution in [0.25, 0.3) is 17.0 Å². The molecule has 0 spiro atoms. The van der Waals surface area contributed by atoms with Crippen molar-refractivity contribution in [3.05, 3.63) is 60.7 Å². The average molecular weight is 401 g/mol. The zero-order valence-corrected chi connectivity index (χ0v) is 15.2. The number of sulfonamides is 1. The molecule has 0 aliphatic carbocycles. The minimum atomic E-state index is -3.65. The molecule has 0 saturated heterocycles. The molecule has 0 saturated carbocycles. The van der Waals surface area contributed by atoms with Gasteiger partial charge in [0.2, 0.25) is 15.8 Å². The molecule has 0 aliphatic rings. The normalized spacial score (nSPS) is 11.6. The van der Waals surface area contributed by atoms with Crippen LogP contribution in [-0.4, -0.2) is 41.4 Å². The van der Waals surface area contributed by atoms with Gasteiger partial charge in [-0.05, 0) is 30.3 Å². The van der Waals surface area contributed by atoms with E-state index in [1.54, 1.807) is 47.2 Å². The van der Waals surface area contributed by atoms with E-state index < -0.39 is 15.9 Å². The molecule has 4 rings (SSSR count). The summed E-state index contributed by atoms with van der Waals surface area (Å²) in [7, 11) is -3.65. The number of nitrogens with one attached hydrogen (secondary N) is 2. The maximum absolute atomic E-state index is 12.2.